The van der Waals surface area contributed by atoms with E-state index in [0.717, 1.165) is 32.0 Å². The molecule has 3 nitrogen and oxygen atoms in total. The summed E-state index contributed by atoms with van der Waals surface area (Å²) in [6.45, 7) is 2.24. The summed E-state index contributed by atoms with van der Waals surface area (Å²) in [5, 5.41) is 3.24. The molecule has 0 aromatic heterocycles. The van der Waals surface area contributed by atoms with Gasteiger partial charge in [-0.1, -0.05) is 12.1 Å². The minimum absolute atomic E-state index is 0.281. The third-order valence-corrected chi connectivity index (χ3v) is 3.74. The average Bonchev–Trinajstić information content (AvgIpc) is 2.46. The van der Waals surface area contributed by atoms with Gasteiger partial charge in [0.25, 0.3) is 5.91 Å². The molecular formula is C15H19F3N2O. The molecule has 6 heteroatoms. The van der Waals surface area contributed by atoms with Crippen LogP contribution >= 0.6 is 0 Å². The molecule has 1 aromatic rings. The Balaban J connectivity index is 2.12. The van der Waals surface area contributed by atoms with Crippen LogP contribution < -0.4 is 5.32 Å². The van der Waals surface area contributed by atoms with Gasteiger partial charge in [-0.15, -0.1) is 0 Å². The number of carbonyl (C=O) groups is 1. The summed E-state index contributed by atoms with van der Waals surface area (Å²) in [5.74, 6) is -0.278. The lowest BCUT2D eigenvalue weighted by Gasteiger charge is -2.28. The first kappa shape index (κ1) is 15.8. The lowest BCUT2D eigenvalue weighted by atomic mass is 9.98. The largest absolute Gasteiger partial charge is 0.417 e. The minimum Gasteiger partial charge on any atom is -0.341 e. The van der Waals surface area contributed by atoms with Crippen LogP contribution in [-0.2, 0) is 6.18 Å². The van der Waals surface area contributed by atoms with E-state index in [9.17, 15) is 18.0 Å². The van der Waals surface area contributed by atoms with E-state index in [1.807, 2.05) is 0 Å². The van der Waals surface area contributed by atoms with Crippen molar-refractivity contribution in [1.82, 2.24) is 10.2 Å². The van der Waals surface area contributed by atoms with Gasteiger partial charge < -0.3 is 10.2 Å². The van der Waals surface area contributed by atoms with E-state index in [1.54, 1.807) is 7.05 Å². The molecule has 1 N–H and O–H groups in total. The fourth-order valence-corrected chi connectivity index (χ4v) is 2.67. The van der Waals surface area contributed by atoms with Crippen molar-refractivity contribution in [3.63, 3.8) is 0 Å². The van der Waals surface area contributed by atoms with Crippen LogP contribution in [0.5, 0.6) is 0 Å². The van der Waals surface area contributed by atoms with E-state index in [2.05, 4.69) is 5.32 Å². The Morgan fingerprint density at radius 2 is 2.10 bits per heavy atom. The highest BCUT2D eigenvalue weighted by atomic mass is 19.4. The van der Waals surface area contributed by atoms with Crippen molar-refractivity contribution in [2.24, 2.45) is 5.92 Å². The van der Waals surface area contributed by atoms with Crippen molar-refractivity contribution in [3.8, 4) is 0 Å². The van der Waals surface area contributed by atoms with Crippen LogP contribution in [0.4, 0.5) is 13.2 Å². The number of piperidine rings is 1. The van der Waals surface area contributed by atoms with Crippen LogP contribution in [0.15, 0.2) is 24.3 Å². The Kier molecular flexibility index (Phi) is 4.88. The normalized spacial score (nSPS) is 19.3. The van der Waals surface area contributed by atoms with Crippen LogP contribution in [0.25, 0.3) is 0 Å². The number of nitrogens with one attached hydrogen (secondary N) is 1. The average molecular weight is 300 g/mol. The summed E-state index contributed by atoms with van der Waals surface area (Å²) in [7, 11) is 1.56. The highest BCUT2D eigenvalue weighted by Gasteiger charge is 2.35. The first-order chi connectivity index (χ1) is 9.89. The molecule has 1 aliphatic rings. The van der Waals surface area contributed by atoms with Crippen LogP contribution in [0, 0.1) is 5.92 Å². The van der Waals surface area contributed by atoms with Crippen molar-refractivity contribution < 1.29 is 18.0 Å². The summed E-state index contributed by atoms with van der Waals surface area (Å²) < 4.78 is 38.8. The van der Waals surface area contributed by atoms with Gasteiger partial charge in [0.2, 0.25) is 0 Å². The molecule has 1 saturated heterocycles. The molecule has 0 radical (unpaired) electrons. The predicted molar refractivity (Wildman–Crippen MR) is 74.0 cm³/mol. The highest BCUT2D eigenvalue weighted by molar-refractivity contribution is 5.95. The molecule has 1 amide bonds. The summed E-state index contributed by atoms with van der Waals surface area (Å²) >= 11 is 0. The van der Waals surface area contributed by atoms with Crippen molar-refractivity contribution in [2.45, 2.75) is 19.0 Å². The smallest absolute Gasteiger partial charge is 0.341 e. The number of amides is 1. The fourth-order valence-electron chi connectivity index (χ4n) is 2.67. The van der Waals surface area contributed by atoms with Gasteiger partial charge in [-0.25, -0.2) is 0 Å². The van der Waals surface area contributed by atoms with Gasteiger partial charge >= 0.3 is 6.18 Å². The van der Waals surface area contributed by atoms with Crippen LogP contribution in [0.2, 0.25) is 0 Å². The first-order valence-corrected chi connectivity index (χ1v) is 7.02. The number of alkyl halides is 3. The van der Waals surface area contributed by atoms with Crippen LogP contribution in [0.3, 0.4) is 0 Å². The Labute approximate surface area is 122 Å². The molecule has 1 aliphatic heterocycles. The third-order valence-electron chi connectivity index (χ3n) is 3.74. The van der Waals surface area contributed by atoms with Crippen molar-refractivity contribution in [3.05, 3.63) is 35.4 Å². The van der Waals surface area contributed by atoms with Crippen LogP contribution in [0.1, 0.15) is 28.8 Å². The SMILES string of the molecule is CN(CC1CCCNC1)C(=O)c1ccccc1C(F)(F)F. The monoisotopic (exact) mass is 300 g/mol. The summed E-state index contributed by atoms with van der Waals surface area (Å²) in [6, 6.07) is 4.94. The maximum absolute atomic E-state index is 12.9. The van der Waals surface area contributed by atoms with Crippen LogP contribution in [-0.4, -0.2) is 37.5 Å². The van der Waals surface area contributed by atoms with E-state index in [4.69, 9.17) is 0 Å². The number of rotatable bonds is 3. The lowest BCUT2D eigenvalue weighted by Crippen LogP contribution is -2.39. The van der Waals surface area contributed by atoms with Crippen molar-refractivity contribution in [1.29, 1.82) is 0 Å². The molecule has 0 aliphatic carbocycles. The van der Waals surface area contributed by atoms with E-state index in [0.29, 0.717) is 12.5 Å². The molecule has 1 heterocycles. The summed E-state index contributed by atoms with van der Waals surface area (Å²) in [5.41, 5.74) is -1.15. The Morgan fingerprint density at radius 3 is 2.71 bits per heavy atom. The molecule has 116 valence electrons. The van der Waals surface area contributed by atoms with Gasteiger partial charge in [0, 0.05) is 13.6 Å². The molecule has 1 unspecified atom stereocenters. The molecule has 0 bridgehead atoms. The standard InChI is InChI=1S/C15H19F3N2O/c1-20(10-11-5-4-8-19-9-11)14(21)12-6-2-3-7-13(12)15(16,17)18/h2-3,6-7,11,19H,4-5,8-10H2,1H3. The second-order valence-electron chi connectivity index (χ2n) is 5.44. The quantitative estimate of drug-likeness (QED) is 0.931. The summed E-state index contributed by atoms with van der Waals surface area (Å²) in [4.78, 5) is 13.7. The lowest BCUT2D eigenvalue weighted by molar-refractivity contribution is -0.138. The molecule has 21 heavy (non-hydrogen) atoms. The predicted octanol–water partition coefficient (Wildman–Crippen LogP) is 2.78. The molecule has 1 atom stereocenters. The zero-order valence-electron chi connectivity index (χ0n) is 11.9. The zero-order chi connectivity index (χ0) is 15.5. The third kappa shape index (κ3) is 3.97. The molecule has 0 saturated carbocycles. The van der Waals surface area contributed by atoms with E-state index >= 15 is 0 Å². The number of benzene rings is 1. The molecule has 1 aromatic carbocycles. The number of halogens is 3. The molecule has 2 rings (SSSR count). The first-order valence-electron chi connectivity index (χ1n) is 7.02. The number of carbonyl (C=O) groups excluding carboxylic acids is 1. The number of nitrogens with zero attached hydrogens (tertiary/aromatic N) is 1. The maximum Gasteiger partial charge on any atom is 0.417 e. The van der Waals surface area contributed by atoms with E-state index in [-0.39, 0.29) is 5.56 Å². The van der Waals surface area contributed by atoms with Crippen molar-refractivity contribution >= 4 is 5.91 Å². The van der Waals surface area contributed by atoms with Crippen molar-refractivity contribution in [2.75, 3.05) is 26.7 Å². The fraction of sp³-hybridized carbons (Fsp3) is 0.533. The minimum atomic E-state index is -4.51. The maximum atomic E-state index is 12.9. The summed E-state index contributed by atoms with van der Waals surface area (Å²) in [6.07, 6.45) is -2.49. The van der Waals surface area contributed by atoms with E-state index in [1.165, 1.54) is 23.1 Å². The second-order valence-corrected chi connectivity index (χ2v) is 5.44. The molecule has 0 spiro atoms. The van der Waals surface area contributed by atoms with Gasteiger partial charge in [0.05, 0.1) is 11.1 Å². The Bertz CT molecular complexity index is 496. The molecular weight excluding hydrogens is 281 g/mol. The Morgan fingerprint density at radius 1 is 1.38 bits per heavy atom. The highest BCUT2D eigenvalue weighted by Crippen LogP contribution is 2.32. The van der Waals surface area contributed by atoms with Gasteiger partial charge in [0.15, 0.2) is 0 Å². The van der Waals surface area contributed by atoms with Gasteiger partial charge in [-0.2, -0.15) is 13.2 Å². The topological polar surface area (TPSA) is 32.3 Å². The Hall–Kier alpha value is -1.56. The number of hydrogen-bond acceptors (Lipinski definition) is 2. The van der Waals surface area contributed by atoms with Gasteiger partial charge in [-0.05, 0) is 44.0 Å². The van der Waals surface area contributed by atoms with Gasteiger partial charge in [-0.3, -0.25) is 4.79 Å². The number of hydrogen-bond donors (Lipinski definition) is 1. The van der Waals surface area contributed by atoms with E-state index < -0.39 is 17.6 Å². The molecule has 1 fully saturated rings. The second kappa shape index (κ2) is 6.47. The zero-order valence-corrected chi connectivity index (χ0v) is 11.9. The van der Waals surface area contributed by atoms with Gasteiger partial charge in [0.1, 0.15) is 0 Å².